The Morgan fingerprint density at radius 3 is 2.24 bits per heavy atom. The molecule has 1 N–H and O–H groups in total. The molecule has 0 aromatic heterocycles. The van der Waals surface area contributed by atoms with Gasteiger partial charge in [0.1, 0.15) is 0 Å². The molecule has 0 aliphatic heterocycles. The summed E-state index contributed by atoms with van der Waals surface area (Å²) in [7, 11) is 0. The maximum atomic E-state index is 12.2. The molecule has 1 amide bonds. The van der Waals surface area contributed by atoms with Crippen molar-refractivity contribution in [1.29, 1.82) is 0 Å². The number of aryl methyl sites for hydroxylation is 1. The topological polar surface area (TPSA) is 29.1 Å². The Balaban J connectivity index is 2.08. The van der Waals surface area contributed by atoms with Gasteiger partial charge in [0, 0.05) is 16.1 Å². The number of nitrogens with one attached hydrogen (secondary N) is 1. The highest BCUT2D eigenvalue weighted by Gasteiger charge is 2.29. The van der Waals surface area contributed by atoms with Gasteiger partial charge < -0.3 is 5.32 Å². The molecule has 2 aromatic rings. The molecule has 0 aliphatic carbocycles. The number of amides is 1. The molecule has 110 valence electrons. The summed E-state index contributed by atoms with van der Waals surface area (Å²) in [6.45, 7) is 1.86. The summed E-state index contributed by atoms with van der Waals surface area (Å²) in [4.78, 5) is 12.1. The summed E-state index contributed by atoms with van der Waals surface area (Å²) in [5.41, 5.74) is -2.43. The largest absolute Gasteiger partial charge is 0.446 e. The first-order chi connectivity index (χ1) is 9.85. The molecule has 2 nitrogen and oxygen atoms in total. The predicted molar refractivity (Wildman–Crippen MR) is 77.5 cm³/mol. The summed E-state index contributed by atoms with van der Waals surface area (Å²) >= 11 is -0.204. The van der Waals surface area contributed by atoms with E-state index in [2.05, 4.69) is 5.32 Å². The van der Waals surface area contributed by atoms with Crippen LogP contribution in [0.4, 0.5) is 18.9 Å². The van der Waals surface area contributed by atoms with Gasteiger partial charge in [-0.05, 0) is 54.6 Å². The number of alkyl halides is 3. The second-order valence-corrected chi connectivity index (χ2v) is 5.48. The zero-order valence-corrected chi connectivity index (χ0v) is 11.9. The number of hydrogen-bond donors (Lipinski definition) is 1. The van der Waals surface area contributed by atoms with Gasteiger partial charge >= 0.3 is 5.51 Å². The zero-order chi connectivity index (χ0) is 15.5. The summed E-state index contributed by atoms with van der Waals surface area (Å²) in [5, 5.41) is 2.73. The smallest absolute Gasteiger partial charge is 0.322 e. The molecule has 0 atom stereocenters. The van der Waals surface area contributed by atoms with Crippen LogP contribution in [0.25, 0.3) is 0 Å². The van der Waals surface area contributed by atoms with Crippen LogP contribution in [0.2, 0.25) is 0 Å². The van der Waals surface area contributed by atoms with Crippen LogP contribution in [0.15, 0.2) is 53.4 Å². The number of rotatable bonds is 3. The molecule has 0 aliphatic rings. The zero-order valence-electron chi connectivity index (χ0n) is 11.1. The van der Waals surface area contributed by atoms with Crippen LogP contribution in [0.3, 0.4) is 0 Å². The van der Waals surface area contributed by atoms with Crippen LogP contribution in [0.1, 0.15) is 15.9 Å². The van der Waals surface area contributed by atoms with Crippen LogP contribution in [0, 0.1) is 6.92 Å². The number of hydrogen-bond acceptors (Lipinski definition) is 2. The fourth-order valence-corrected chi connectivity index (χ4v) is 2.26. The third kappa shape index (κ3) is 4.53. The number of anilines is 1. The first-order valence-electron chi connectivity index (χ1n) is 6.08. The van der Waals surface area contributed by atoms with E-state index in [9.17, 15) is 18.0 Å². The highest BCUT2D eigenvalue weighted by Crippen LogP contribution is 2.36. The number of thioether (sulfide) groups is 1. The molecule has 0 heterocycles. The van der Waals surface area contributed by atoms with Gasteiger partial charge in [-0.3, -0.25) is 4.79 Å². The Hall–Kier alpha value is -1.95. The van der Waals surface area contributed by atoms with Crippen LogP contribution in [0.5, 0.6) is 0 Å². The summed E-state index contributed by atoms with van der Waals surface area (Å²) in [6.07, 6.45) is 0. The predicted octanol–water partition coefficient (Wildman–Crippen LogP) is 4.86. The summed E-state index contributed by atoms with van der Waals surface area (Å²) in [5.74, 6) is -0.354. The van der Waals surface area contributed by atoms with Gasteiger partial charge in [-0.15, -0.1) is 0 Å². The summed E-state index contributed by atoms with van der Waals surface area (Å²) < 4.78 is 36.6. The monoisotopic (exact) mass is 311 g/mol. The van der Waals surface area contributed by atoms with Crippen molar-refractivity contribution in [2.75, 3.05) is 5.32 Å². The molecule has 0 unspecified atom stereocenters. The van der Waals surface area contributed by atoms with Gasteiger partial charge in [0.05, 0.1) is 0 Å². The lowest BCUT2D eigenvalue weighted by atomic mass is 10.1. The van der Waals surface area contributed by atoms with E-state index in [0.717, 1.165) is 5.56 Å². The molecule has 6 heteroatoms. The Bertz CT molecular complexity index is 638. The Labute approximate surface area is 124 Å². The SMILES string of the molecule is Cc1ccccc1NC(=O)c1ccc(SC(F)(F)F)cc1. The van der Waals surface area contributed by atoms with Crippen molar-refractivity contribution in [3.63, 3.8) is 0 Å². The average molecular weight is 311 g/mol. The van der Waals surface area contributed by atoms with Crippen molar-refractivity contribution in [2.24, 2.45) is 0 Å². The molecule has 0 bridgehead atoms. The van der Waals surface area contributed by atoms with Gasteiger partial charge in [0.15, 0.2) is 0 Å². The Morgan fingerprint density at radius 1 is 1.05 bits per heavy atom. The molecule has 2 aromatic carbocycles. The molecular formula is C15H12F3NOS. The fourth-order valence-electron chi connectivity index (χ4n) is 1.72. The number of para-hydroxylation sites is 1. The van der Waals surface area contributed by atoms with Gasteiger partial charge in [0.25, 0.3) is 5.91 Å². The molecule has 0 saturated carbocycles. The third-order valence-electron chi connectivity index (χ3n) is 2.74. The van der Waals surface area contributed by atoms with Crippen molar-refractivity contribution in [3.05, 3.63) is 59.7 Å². The third-order valence-corrected chi connectivity index (χ3v) is 3.48. The minimum atomic E-state index is -4.33. The molecule has 0 fully saturated rings. The molecule has 21 heavy (non-hydrogen) atoms. The molecule has 2 rings (SSSR count). The van der Waals surface area contributed by atoms with Crippen LogP contribution >= 0.6 is 11.8 Å². The Kier molecular flexibility index (Phi) is 4.57. The van der Waals surface area contributed by atoms with Crippen molar-refractivity contribution >= 4 is 23.4 Å². The van der Waals surface area contributed by atoms with E-state index < -0.39 is 5.51 Å². The van der Waals surface area contributed by atoms with Gasteiger partial charge in [-0.2, -0.15) is 13.2 Å². The molecule has 0 radical (unpaired) electrons. The lowest BCUT2D eigenvalue weighted by Gasteiger charge is -2.09. The highest BCUT2D eigenvalue weighted by molar-refractivity contribution is 8.00. The first kappa shape index (κ1) is 15.4. The van der Waals surface area contributed by atoms with E-state index in [-0.39, 0.29) is 22.6 Å². The van der Waals surface area contributed by atoms with E-state index in [1.807, 2.05) is 19.1 Å². The normalized spacial score (nSPS) is 11.2. The maximum absolute atomic E-state index is 12.2. The minimum absolute atomic E-state index is 0.0509. The standard InChI is InChI=1S/C15H12F3NOS/c1-10-4-2-3-5-13(10)19-14(20)11-6-8-12(9-7-11)21-15(16,17)18/h2-9H,1H3,(H,19,20). The lowest BCUT2D eigenvalue weighted by molar-refractivity contribution is -0.0328. The van der Waals surface area contributed by atoms with Crippen molar-refractivity contribution < 1.29 is 18.0 Å². The van der Waals surface area contributed by atoms with Crippen molar-refractivity contribution in [1.82, 2.24) is 0 Å². The van der Waals surface area contributed by atoms with E-state index in [0.29, 0.717) is 11.3 Å². The quantitative estimate of drug-likeness (QED) is 0.820. The van der Waals surface area contributed by atoms with E-state index in [1.54, 1.807) is 12.1 Å². The number of carbonyl (C=O) groups excluding carboxylic acids is 1. The lowest BCUT2D eigenvalue weighted by Crippen LogP contribution is -2.12. The van der Waals surface area contributed by atoms with Crippen LogP contribution in [-0.2, 0) is 0 Å². The molecule has 0 saturated heterocycles. The van der Waals surface area contributed by atoms with E-state index >= 15 is 0 Å². The number of benzene rings is 2. The fraction of sp³-hybridized carbons (Fsp3) is 0.133. The summed E-state index contributed by atoms with van der Waals surface area (Å²) in [6, 6.07) is 12.6. The second-order valence-electron chi connectivity index (χ2n) is 4.34. The highest BCUT2D eigenvalue weighted by atomic mass is 32.2. The second kappa shape index (κ2) is 6.22. The van der Waals surface area contributed by atoms with E-state index in [4.69, 9.17) is 0 Å². The minimum Gasteiger partial charge on any atom is -0.322 e. The molecular weight excluding hydrogens is 299 g/mol. The Morgan fingerprint density at radius 2 is 1.67 bits per heavy atom. The van der Waals surface area contributed by atoms with E-state index in [1.165, 1.54) is 24.3 Å². The van der Waals surface area contributed by atoms with Crippen molar-refractivity contribution in [3.8, 4) is 0 Å². The van der Waals surface area contributed by atoms with Gasteiger partial charge in [-0.1, -0.05) is 18.2 Å². The van der Waals surface area contributed by atoms with Crippen LogP contribution in [-0.4, -0.2) is 11.4 Å². The average Bonchev–Trinajstić information content (AvgIpc) is 2.40. The van der Waals surface area contributed by atoms with Gasteiger partial charge in [0.2, 0.25) is 0 Å². The van der Waals surface area contributed by atoms with Crippen molar-refractivity contribution in [2.45, 2.75) is 17.3 Å². The van der Waals surface area contributed by atoms with Crippen LogP contribution < -0.4 is 5.32 Å². The number of carbonyl (C=O) groups is 1. The number of halogens is 3. The molecule has 0 spiro atoms. The van der Waals surface area contributed by atoms with Gasteiger partial charge in [-0.25, -0.2) is 0 Å². The maximum Gasteiger partial charge on any atom is 0.446 e. The first-order valence-corrected chi connectivity index (χ1v) is 6.89.